The van der Waals surface area contributed by atoms with Crippen LogP contribution in [0.2, 0.25) is 0 Å². The number of hydrogen-bond donors (Lipinski definition) is 1. The minimum absolute atomic E-state index is 0.868. The molecule has 166 valence electrons. The van der Waals surface area contributed by atoms with E-state index in [4.69, 9.17) is 11.8 Å². The van der Waals surface area contributed by atoms with Gasteiger partial charge in [0.25, 0.3) is 0 Å². The summed E-state index contributed by atoms with van der Waals surface area (Å²) in [6, 6.07) is 10.9. The van der Waals surface area contributed by atoms with Gasteiger partial charge in [0.2, 0.25) is 0 Å². The van der Waals surface area contributed by atoms with Gasteiger partial charge in [-0.15, -0.1) is 24.0 Å². The van der Waals surface area contributed by atoms with E-state index in [-0.39, 0.29) is 0 Å². The first kappa shape index (κ1) is 25.0. The molecule has 0 spiro atoms. The summed E-state index contributed by atoms with van der Waals surface area (Å²) in [6.45, 7) is 13.0. The Kier molecular flexibility index (Phi) is 8.58. The summed E-state index contributed by atoms with van der Waals surface area (Å²) in [5.41, 5.74) is 5.93. The molecule has 0 aliphatic carbocycles. The van der Waals surface area contributed by atoms with Crippen molar-refractivity contribution >= 4 is 47.4 Å². The number of thiol groups is 1. The lowest BCUT2D eigenvalue weighted by atomic mass is 9.95. The van der Waals surface area contributed by atoms with Crippen molar-refractivity contribution in [2.75, 3.05) is 6.16 Å². The van der Waals surface area contributed by atoms with Crippen molar-refractivity contribution in [1.82, 2.24) is 0 Å². The third-order valence-electron chi connectivity index (χ3n) is 5.45. The van der Waals surface area contributed by atoms with E-state index in [9.17, 15) is 0 Å². The van der Waals surface area contributed by atoms with Crippen molar-refractivity contribution in [1.29, 1.82) is 0 Å². The summed E-state index contributed by atoms with van der Waals surface area (Å²) in [5, 5.41) is 1.27. The molecule has 2 aromatic rings. The molecule has 0 bridgehead atoms. The number of thiophene rings is 1. The van der Waals surface area contributed by atoms with Crippen LogP contribution in [0.4, 0.5) is 0 Å². The van der Waals surface area contributed by atoms with E-state index in [0.29, 0.717) is 0 Å². The highest BCUT2D eigenvalue weighted by Gasteiger charge is 2.29. The van der Waals surface area contributed by atoms with Gasteiger partial charge in [-0.1, -0.05) is 79.1 Å². The van der Waals surface area contributed by atoms with Gasteiger partial charge < -0.3 is 0 Å². The minimum atomic E-state index is -2.06. The van der Waals surface area contributed by atoms with Crippen molar-refractivity contribution in [3.8, 4) is 0 Å². The average Bonchev–Trinajstić information content (AvgIpc) is 3.09. The zero-order chi connectivity index (χ0) is 23.3. The van der Waals surface area contributed by atoms with E-state index in [0.717, 1.165) is 22.8 Å². The summed E-state index contributed by atoms with van der Waals surface area (Å²) in [6.07, 6.45) is 14.7. The summed E-state index contributed by atoms with van der Waals surface area (Å²) < 4.78 is 0. The number of aryl methyl sites for hydroxylation is 2. The van der Waals surface area contributed by atoms with Gasteiger partial charge in [-0.3, -0.25) is 0 Å². The summed E-state index contributed by atoms with van der Waals surface area (Å²) in [5.74, 6) is 0. The third-order valence-corrected chi connectivity index (χ3v) is 10.9. The average molecular weight is 495 g/mol. The fourth-order valence-corrected chi connectivity index (χ4v) is 9.54. The van der Waals surface area contributed by atoms with Gasteiger partial charge in [-0.25, -0.2) is 0 Å². The van der Waals surface area contributed by atoms with Crippen molar-refractivity contribution in [3.63, 3.8) is 0 Å². The lowest BCUT2D eigenvalue weighted by molar-refractivity contribution is 1.37. The molecule has 32 heavy (non-hydrogen) atoms. The molecule has 0 nitrogen and oxygen atoms in total. The first-order valence-electron chi connectivity index (χ1n) is 10.8. The fourth-order valence-electron chi connectivity index (χ4n) is 4.11. The maximum absolute atomic E-state index is 6.68. The highest BCUT2D eigenvalue weighted by molar-refractivity contribution is 8.16. The lowest BCUT2D eigenvalue weighted by Gasteiger charge is -2.29. The van der Waals surface area contributed by atoms with Crippen LogP contribution in [0.25, 0.3) is 5.57 Å². The third kappa shape index (κ3) is 5.83. The van der Waals surface area contributed by atoms with E-state index < -0.39 is 6.04 Å². The van der Waals surface area contributed by atoms with E-state index in [2.05, 4.69) is 113 Å². The van der Waals surface area contributed by atoms with E-state index in [1.54, 1.807) is 0 Å². The molecule has 0 saturated carbocycles. The van der Waals surface area contributed by atoms with Gasteiger partial charge in [0.1, 0.15) is 0 Å². The Morgan fingerprint density at radius 2 is 1.94 bits per heavy atom. The van der Waals surface area contributed by atoms with Crippen LogP contribution in [0.5, 0.6) is 0 Å². The Bertz CT molecular complexity index is 1200. The smallest absolute Gasteiger partial charge is 0.00958 e. The monoisotopic (exact) mass is 494 g/mol. The first-order chi connectivity index (χ1) is 15.2. The predicted octanol–water partition coefficient (Wildman–Crippen LogP) is 9.22. The van der Waals surface area contributed by atoms with Crippen LogP contribution in [0.3, 0.4) is 0 Å². The highest BCUT2D eigenvalue weighted by Crippen LogP contribution is 2.63. The van der Waals surface area contributed by atoms with Crippen molar-refractivity contribution < 1.29 is 0 Å². The van der Waals surface area contributed by atoms with Crippen LogP contribution >= 0.6 is 30.0 Å². The van der Waals surface area contributed by atoms with Crippen molar-refractivity contribution in [2.24, 2.45) is 0 Å². The molecule has 1 aliphatic heterocycles. The fraction of sp³-hybridized carbons (Fsp3) is 0.214. The molecule has 2 heterocycles. The van der Waals surface area contributed by atoms with E-state index in [1.165, 1.54) is 37.3 Å². The number of rotatable bonds is 5. The number of hydrogen-bond acceptors (Lipinski definition) is 3. The minimum Gasteiger partial charge on any atom is -0.148 e. The molecular formula is C28H31PS3. The van der Waals surface area contributed by atoms with Gasteiger partial charge >= 0.3 is 0 Å². The van der Waals surface area contributed by atoms with Gasteiger partial charge in [-0.05, 0) is 84.8 Å². The van der Waals surface area contributed by atoms with E-state index >= 15 is 0 Å². The predicted molar refractivity (Wildman–Crippen MR) is 154 cm³/mol. The quantitative estimate of drug-likeness (QED) is 0.245. The van der Waals surface area contributed by atoms with Crippen LogP contribution in [0.15, 0.2) is 101 Å². The van der Waals surface area contributed by atoms with Gasteiger partial charge in [-0.2, -0.15) is 0 Å². The molecule has 1 unspecified atom stereocenters. The second-order valence-electron chi connectivity index (χ2n) is 8.11. The maximum atomic E-state index is 6.68. The molecule has 1 aliphatic rings. The molecule has 0 fully saturated rings. The summed E-state index contributed by atoms with van der Waals surface area (Å²) >= 11 is 13.1. The second-order valence-corrected chi connectivity index (χ2v) is 15.3. The zero-order valence-electron chi connectivity index (χ0n) is 19.3. The molecule has 0 radical (unpaired) electrons. The van der Waals surface area contributed by atoms with Gasteiger partial charge in [0, 0.05) is 21.2 Å². The molecule has 0 N–H and O–H groups in total. The summed E-state index contributed by atoms with van der Waals surface area (Å²) in [4.78, 5) is 3.58. The number of allylic oxidation sites excluding steroid dienone is 11. The van der Waals surface area contributed by atoms with Crippen LogP contribution < -0.4 is 0 Å². The van der Waals surface area contributed by atoms with Gasteiger partial charge in [0.15, 0.2) is 0 Å². The molecule has 1 aromatic carbocycles. The standard InChI is InChI=1S/C28H31PS3/c1-6-25(17-21(3)30)28-27(26-18-22(4)32-23(26)5)20(2)13-9-8-12-16-29(28,31)19-24-14-10-7-11-15-24/h6-15,17-18,30H,2,16,19H2,1,3-5H3/b12-8-,13-9-,21-17-,25-6-,28-27?. The Morgan fingerprint density at radius 1 is 1.22 bits per heavy atom. The Balaban J connectivity index is 2.43. The summed E-state index contributed by atoms with van der Waals surface area (Å²) in [7, 11) is 0. The molecule has 3 rings (SSSR count). The van der Waals surface area contributed by atoms with Crippen LogP contribution in [0.1, 0.15) is 34.7 Å². The lowest BCUT2D eigenvalue weighted by Crippen LogP contribution is -2.03. The molecule has 1 atom stereocenters. The highest BCUT2D eigenvalue weighted by atomic mass is 32.4. The molecular weight excluding hydrogens is 463 g/mol. The Labute approximate surface area is 208 Å². The Morgan fingerprint density at radius 3 is 2.53 bits per heavy atom. The second kappa shape index (κ2) is 11.0. The molecule has 4 heteroatoms. The van der Waals surface area contributed by atoms with Gasteiger partial charge in [0.05, 0.1) is 0 Å². The molecule has 0 amide bonds. The van der Waals surface area contributed by atoms with Crippen molar-refractivity contribution in [2.45, 2.75) is 33.9 Å². The normalized spacial score (nSPS) is 22.3. The van der Waals surface area contributed by atoms with E-state index in [1.807, 2.05) is 18.3 Å². The zero-order valence-corrected chi connectivity index (χ0v) is 22.7. The first-order valence-corrected chi connectivity index (χ1v) is 15.2. The topological polar surface area (TPSA) is 0 Å². The van der Waals surface area contributed by atoms with Crippen LogP contribution in [-0.4, -0.2) is 6.16 Å². The van der Waals surface area contributed by atoms with Crippen LogP contribution in [0, 0.1) is 13.8 Å². The SMILES string of the molecule is C=C1/C=C\C=C/CP(=S)(Cc2ccccc2)C(C(/C=C(/C)S)=C\C)=C1c1cc(C)sc1C. The van der Waals surface area contributed by atoms with Crippen LogP contribution in [-0.2, 0) is 18.0 Å². The maximum Gasteiger partial charge on any atom is 0.00958 e. The molecule has 1 aromatic heterocycles. The van der Waals surface area contributed by atoms with Crippen molar-refractivity contribution in [3.05, 3.63) is 122 Å². The Hall–Kier alpha value is -1.64. The number of benzene rings is 1. The largest absolute Gasteiger partial charge is 0.148 e. The molecule has 0 saturated heterocycles.